The number of aliphatic hydroxyl groups excluding tert-OH is 1. The van der Waals surface area contributed by atoms with Gasteiger partial charge in [0.25, 0.3) is 0 Å². The minimum Gasteiger partial charge on any atom is -0.505 e. The molecule has 0 aliphatic rings. The monoisotopic (exact) mass is 271 g/mol. The summed E-state index contributed by atoms with van der Waals surface area (Å²) in [5, 5.41) is 27.6. The van der Waals surface area contributed by atoms with Crippen LogP contribution in [0, 0.1) is 6.92 Å². The van der Waals surface area contributed by atoms with Crippen LogP contribution in [-0.4, -0.2) is 32.0 Å². The Morgan fingerprint density at radius 2 is 1.80 bits per heavy atom. The standard InChI is InChI=1S/C14H13N3O3/c1-9-6-10(20-8-18)7-13(14(9)19)17-15-11-4-2-3-5-12(11)16-17/h2-7,18-19H,8H2,1H3. The maximum atomic E-state index is 10.1. The largest absolute Gasteiger partial charge is 0.505 e. The highest BCUT2D eigenvalue weighted by Crippen LogP contribution is 2.30. The molecule has 0 saturated carbocycles. The Morgan fingerprint density at radius 3 is 2.40 bits per heavy atom. The van der Waals surface area contributed by atoms with Crippen LogP contribution in [0.3, 0.4) is 0 Å². The number of ether oxygens (including phenoxy) is 1. The molecule has 2 aromatic carbocycles. The van der Waals surface area contributed by atoms with Crippen molar-refractivity contribution in [3.63, 3.8) is 0 Å². The van der Waals surface area contributed by atoms with Gasteiger partial charge < -0.3 is 14.9 Å². The molecule has 0 aliphatic heterocycles. The number of hydrogen-bond donors (Lipinski definition) is 2. The summed E-state index contributed by atoms with van der Waals surface area (Å²) in [6.45, 7) is 1.31. The molecular formula is C14H13N3O3. The smallest absolute Gasteiger partial charge is 0.186 e. The number of hydrogen-bond acceptors (Lipinski definition) is 5. The molecule has 0 aliphatic carbocycles. The summed E-state index contributed by atoms with van der Waals surface area (Å²) in [4.78, 5) is 1.36. The maximum Gasteiger partial charge on any atom is 0.186 e. The summed E-state index contributed by atoms with van der Waals surface area (Å²) in [7, 11) is 0. The molecule has 0 unspecified atom stereocenters. The van der Waals surface area contributed by atoms with Crippen LogP contribution in [0.25, 0.3) is 16.7 Å². The molecule has 3 aromatic rings. The molecule has 0 atom stereocenters. The highest BCUT2D eigenvalue weighted by Gasteiger charge is 2.13. The number of aliphatic hydroxyl groups is 1. The second kappa shape index (κ2) is 4.82. The van der Waals surface area contributed by atoms with E-state index in [-0.39, 0.29) is 5.75 Å². The predicted octanol–water partition coefficient (Wildman–Crippen LogP) is 1.76. The van der Waals surface area contributed by atoms with Crippen LogP contribution in [0.1, 0.15) is 5.56 Å². The average Bonchev–Trinajstić information content (AvgIpc) is 2.86. The number of phenols is 1. The molecule has 0 saturated heterocycles. The summed E-state index contributed by atoms with van der Waals surface area (Å²) in [5.41, 5.74) is 2.49. The maximum absolute atomic E-state index is 10.1. The van der Waals surface area contributed by atoms with Gasteiger partial charge in [0.05, 0.1) is 0 Å². The second-order valence-electron chi connectivity index (χ2n) is 4.36. The van der Waals surface area contributed by atoms with Crippen LogP contribution < -0.4 is 4.74 Å². The first-order valence-electron chi connectivity index (χ1n) is 6.09. The molecule has 1 aromatic heterocycles. The van der Waals surface area contributed by atoms with Gasteiger partial charge >= 0.3 is 0 Å². The van der Waals surface area contributed by atoms with Crippen LogP contribution in [0.2, 0.25) is 0 Å². The van der Waals surface area contributed by atoms with E-state index in [2.05, 4.69) is 10.2 Å². The van der Waals surface area contributed by atoms with Crippen LogP contribution >= 0.6 is 0 Å². The molecule has 0 amide bonds. The number of phenolic OH excluding ortho intramolecular Hbond substituents is 1. The Kier molecular flexibility index (Phi) is 3.00. The van der Waals surface area contributed by atoms with Crippen molar-refractivity contribution in [2.75, 3.05) is 6.79 Å². The Balaban J connectivity index is 2.17. The molecule has 2 N–H and O–H groups in total. The first-order chi connectivity index (χ1) is 9.69. The zero-order valence-electron chi connectivity index (χ0n) is 10.8. The Hall–Kier alpha value is -2.60. The van der Waals surface area contributed by atoms with Gasteiger partial charge in [0.1, 0.15) is 28.2 Å². The topological polar surface area (TPSA) is 80.4 Å². The molecule has 6 heteroatoms. The normalized spacial score (nSPS) is 10.9. The van der Waals surface area contributed by atoms with Gasteiger partial charge in [-0.3, -0.25) is 0 Å². The molecule has 0 bridgehead atoms. The van der Waals surface area contributed by atoms with E-state index in [4.69, 9.17) is 9.84 Å². The van der Waals surface area contributed by atoms with Gasteiger partial charge in [-0.2, -0.15) is 0 Å². The lowest BCUT2D eigenvalue weighted by Gasteiger charge is -2.09. The summed E-state index contributed by atoms with van der Waals surface area (Å²) in [6, 6.07) is 10.7. The molecule has 0 fully saturated rings. The van der Waals surface area contributed by atoms with Crippen LogP contribution in [0.4, 0.5) is 0 Å². The first kappa shape index (κ1) is 12.4. The minimum atomic E-state index is -0.432. The number of fused-ring (bicyclic) bond motifs is 1. The molecule has 3 rings (SSSR count). The Bertz CT molecular complexity index is 734. The molecule has 102 valence electrons. The highest BCUT2D eigenvalue weighted by molar-refractivity contribution is 5.73. The van der Waals surface area contributed by atoms with E-state index < -0.39 is 6.79 Å². The quantitative estimate of drug-likeness (QED) is 0.709. The van der Waals surface area contributed by atoms with E-state index in [0.717, 1.165) is 11.0 Å². The predicted molar refractivity (Wildman–Crippen MR) is 73.0 cm³/mol. The summed E-state index contributed by atoms with van der Waals surface area (Å²) < 4.78 is 5.05. The van der Waals surface area contributed by atoms with Crippen LogP contribution in [0.15, 0.2) is 36.4 Å². The average molecular weight is 271 g/mol. The van der Waals surface area contributed by atoms with Crippen LogP contribution in [0.5, 0.6) is 11.5 Å². The van der Waals surface area contributed by atoms with Gasteiger partial charge in [0, 0.05) is 6.07 Å². The summed E-state index contributed by atoms with van der Waals surface area (Å²) >= 11 is 0. The van der Waals surface area contributed by atoms with E-state index in [1.165, 1.54) is 4.80 Å². The van der Waals surface area contributed by atoms with Gasteiger partial charge in [0.15, 0.2) is 6.79 Å². The van der Waals surface area contributed by atoms with Crippen molar-refractivity contribution in [3.8, 4) is 17.2 Å². The fourth-order valence-electron chi connectivity index (χ4n) is 2.01. The van der Waals surface area contributed by atoms with Crippen molar-refractivity contribution >= 4 is 11.0 Å². The first-order valence-corrected chi connectivity index (χ1v) is 6.09. The van der Waals surface area contributed by atoms with Crippen molar-refractivity contribution < 1.29 is 14.9 Å². The van der Waals surface area contributed by atoms with E-state index in [0.29, 0.717) is 17.0 Å². The number of aromatic hydroxyl groups is 1. The van der Waals surface area contributed by atoms with E-state index in [1.54, 1.807) is 19.1 Å². The van der Waals surface area contributed by atoms with Crippen molar-refractivity contribution in [2.45, 2.75) is 6.92 Å². The number of aromatic nitrogens is 3. The number of nitrogens with zero attached hydrogens (tertiary/aromatic N) is 3. The second-order valence-corrected chi connectivity index (χ2v) is 4.36. The van der Waals surface area contributed by atoms with E-state index >= 15 is 0 Å². The fraction of sp³-hybridized carbons (Fsp3) is 0.143. The minimum absolute atomic E-state index is 0.0793. The summed E-state index contributed by atoms with van der Waals surface area (Å²) in [5.74, 6) is 0.523. The number of benzene rings is 2. The molecule has 0 radical (unpaired) electrons. The Labute approximate surface area is 114 Å². The van der Waals surface area contributed by atoms with E-state index in [1.807, 2.05) is 24.3 Å². The zero-order chi connectivity index (χ0) is 14.1. The SMILES string of the molecule is Cc1cc(OCO)cc(-n2nc3ccccc3n2)c1O. The lowest BCUT2D eigenvalue weighted by atomic mass is 10.2. The van der Waals surface area contributed by atoms with Crippen molar-refractivity contribution in [2.24, 2.45) is 0 Å². The number of rotatable bonds is 3. The third-order valence-electron chi connectivity index (χ3n) is 2.99. The Morgan fingerprint density at radius 1 is 1.15 bits per heavy atom. The zero-order valence-corrected chi connectivity index (χ0v) is 10.8. The lowest BCUT2D eigenvalue weighted by molar-refractivity contribution is 0.0984. The molecule has 0 spiro atoms. The lowest BCUT2D eigenvalue weighted by Crippen LogP contribution is -2.02. The van der Waals surface area contributed by atoms with Gasteiger partial charge in [-0.05, 0) is 30.7 Å². The highest BCUT2D eigenvalue weighted by atomic mass is 16.6. The van der Waals surface area contributed by atoms with Gasteiger partial charge in [0.2, 0.25) is 0 Å². The molecule has 1 heterocycles. The van der Waals surface area contributed by atoms with Gasteiger partial charge in [-0.15, -0.1) is 15.0 Å². The third-order valence-corrected chi connectivity index (χ3v) is 2.99. The number of aryl methyl sites for hydroxylation is 1. The van der Waals surface area contributed by atoms with E-state index in [9.17, 15) is 5.11 Å². The van der Waals surface area contributed by atoms with Gasteiger partial charge in [-0.1, -0.05) is 12.1 Å². The fourth-order valence-corrected chi connectivity index (χ4v) is 2.01. The van der Waals surface area contributed by atoms with Gasteiger partial charge in [-0.25, -0.2) is 0 Å². The van der Waals surface area contributed by atoms with Crippen molar-refractivity contribution in [1.29, 1.82) is 0 Å². The summed E-state index contributed by atoms with van der Waals surface area (Å²) in [6.07, 6.45) is 0. The molecular weight excluding hydrogens is 258 g/mol. The third kappa shape index (κ3) is 2.06. The van der Waals surface area contributed by atoms with Crippen molar-refractivity contribution in [1.82, 2.24) is 15.0 Å². The molecule has 20 heavy (non-hydrogen) atoms. The van der Waals surface area contributed by atoms with Crippen LogP contribution in [-0.2, 0) is 0 Å². The molecule has 6 nitrogen and oxygen atoms in total. The van der Waals surface area contributed by atoms with Crippen molar-refractivity contribution in [3.05, 3.63) is 42.0 Å².